The van der Waals surface area contributed by atoms with E-state index >= 15 is 0 Å². The minimum absolute atomic E-state index is 0.155. The second-order valence-electron chi connectivity index (χ2n) is 9.03. The summed E-state index contributed by atoms with van der Waals surface area (Å²) in [6.07, 6.45) is 4.72. The molecule has 216 valence electrons. The van der Waals surface area contributed by atoms with E-state index in [-0.39, 0.29) is 25.1 Å². The Balaban J connectivity index is 1.73. The van der Waals surface area contributed by atoms with Crippen LogP contribution in [0.25, 0.3) is 16.3 Å². The van der Waals surface area contributed by atoms with Crippen LogP contribution in [0.1, 0.15) is 31.2 Å². The molecule has 0 amide bonds. The Morgan fingerprint density at radius 3 is 2.38 bits per heavy atom. The van der Waals surface area contributed by atoms with Crippen molar-refractivity contribution in [2.75, 3.05) is 23.0 Å². The molecule has 0 saturated heterocycles. The lowest BCUT2D eigenvalue weighted by Crippen LogP contribution is -2.36. The fourth-order valence-corrected chi connectivity index (χ4v) is 6.95. The highest BCUT2D eigenvalue weighted by molar-refractivity contribution is 7.86. The van der Waals surface area contributed by atoms with Crippen molar-refractivity contribution >= 4 is 88.4 Å². The number of ether oxygens (including phenoxy) is 1. The van der Waals surface area contributed by atoms with Crippen LogP contribution < -0.4 is 14.2 Å². The molecule has 3 aromatic rings. The molecule has 1 aliphatic heterocycles. The molecule has 1 aliphatic rings. The SMILES string of the molecule is CCC(=Cc1sc2cc(Cl)c(Cl)cc2[n+]1CCCS(=O)(=O)O)C=C1Oc2ccc(Cl)cc2N1CCCS(=O)(=O)O. The molecule has 0 bridgehead atoms. The summed E-state index contributed by atoms with van der Waals surface area (Å²) < 4.78 is 72.5. The summed E-state index contributed by atoms with van der Waals surface area (Å²) in [6, 6.07) is 8.62. The Morgan fingerprint density at radius 1 is 1.02 bits per heavy atom. The lowest BCUT2D eigenvalue weighted by molar-refractivity contribution is -0.668. The van der Waals surface area contributed by atoms with Gasteiger partial charge in [-0.25, -0.2) is 0 Å². The number of allylic oxidation sites excluding steroid dienone is 2. The van der Waals surface area contributed by atoms with Crippen LogP contribution in [0, 0.1) is 0 Å². The van der Waals surface area contributed by atoms with Gasteiger partial charge in [0.25, 0.3) is 25.2 Å². The van der Waals surface area contributed by atoms with Crippen molar-refractivity contribution in [2.45, 2.75) is 32.7 Å². The average molecular weight is 669 g/mol. The van der Waals surface area contributed by atoms with Crippen molar-refractivity contribution in [3.8, 4) is 5.75 Å². The van der Waals surface area contributed by atoms with Crippen molar-refractivity contribution in [1.29, 1.82) is 0 Å². The van der Waals surface area contributed by atoms with E-state index in [4.69, 9.17) is 39.5 Å². The summed E-state index contributed by atoms with van der Waals surface area (Å²) in [4.78, 5) is 1.81. The molecule has 2 N–H and O–H groups in total. The molecule has 0 saturated carbocycles. The number of aryl methyl sites for hydroxylation is 1. The van der Waals surface area contributed by atoms with E-state index in [9.17, 15) is 25.9 Å². The van der Waals surface area contributed by atoms with Crippen molar-refractivity contribution in [1.82, 2.24) is 0 Å². The number of hydrogen-bond donors (Lipinski definition) is 2. The van der Waals surface area contributed by atoms with Gasteiger partial charge in [0.1, 0.15) is 4.70 Å². The first-order valence-electron chi connectivity index (χ1n) is 12.1. The van der Waals surface area contributed by atoms with Crippen LogP contribution in [0.3, 0.4) is 0 Å². The van der Waals surface area contributed by atoms with Gasteiger partial charge in [-0.05, 0) is 42.7 Å². The molecular weight excluding hydrogens is 643 g/mol. The van der Waals surface area contributed by atoms with Crippen LogP contribution in [-0.4, -0.2) is 44.0 Å². The van der Waals surface area contributed by atoms with Gasteiger partial charge in [0.2, 0.25) is 11.4 Å². The number of fused-ring (bicyclic) bond motifs is 2. The minimum atomic E-state index is -4.13. The average Bonchev–Trinajstić information content (AvgIpc) is 3.34. The molecular formula is C25H26Cl3N2O7S3+. The lowest BCUT2D eigenvalue weighted by atomic mass is 10.2. The molecule has 0 spiro atoms. The van der Waals surface area contributed by atoms with Gasteiger partial charge in [-0.1, -0.05) is 53.1 Å². The van der Waals surface area contributed by atoms with Crippen LogP contribution in [-0.2, 0) is 26.8 Å². The van der Waals surface area contributed by atoms with Crippen LogP contribution in [0.2, 0.25) is 15.1 Å². The molecule has 4 rings (SSSR count). The number of hydrogen-bond acceptors (Lipinski definition) is 7. The summed E-state index contributed by atoms with van der Waals surface area (Å²) in [7, 11) is -8.25. The van der Waals surface area contributed by atoms with Crippen molar-refractivity contribution in [2.24, 2.45) is 0 Å². The van der Waals surface area contributed by atoms with Gasteiger partial charge in [0, 0.05) is 36.2 Å². The van der Waals surface area contributed by atoms with Crippen molar-refractivity contribution in [3.05, 3.63) is 67.9 Å². The number of thiazole rings is 1. The maximum Gasteiger partial charge on any atom is 0.265 e. The number of anilines is 1. The topological polar surface area (TPSA) is 125 Å². The van der Waals surface area contributed by atoms with E-state index in [2.05, 4.69) is 0 Å². The minimum Gasteiger partial charge on any atom is -0.439 e. The van der Waals surface area contributed by atoms with Crippen molar-refractivity contribution in [3.63, 3.8) is 0 Å². The van der Waals surface area contributed by atoms with E-state index in [1.54, 1.807) is 35.2 Å². The summed E-state index contributed by atoms with van der Waals surface area (Å²) in [5, 5.41) is 2.04. The number of rotatable bonds is 11. The molecule has 0 fully saturated rings. The van der Waals surface area contributed by atoms with Crippen LogP contribution in [0.15, 0.2) is 47.9 Å². The predicted octanol–water partition coefficient (Wildman–Crippen LogP) is 6.24. The quantitative estimate of drug-likeness (QED) is 0.182. The molecule has 2 heterocycles. The van der Waals surface area contributed by atoms with Crippen LogP contribution >= 0.6 is 46.1 Å². The molecule has 0 unspecified atom stereocenters. The Labute approximate surface area is 251 Å². The fourth-order valence-electron chi connectivity index (χ4n) is 4.22. The van der Waals surface area contributed by atoms with Crippen LogP contribution in [0.4, 0.5) is 5.69 Å². The predicted molar refractivity (Wildman–Crippen MR) is 160 cm³/mol. The first-order valence-corrected chi connectivity index (χ1v) is 17.3. The standard InChI is InChI=1S/C25H25Cl3N2O7S3/c1-2-16(11-24-29(7-3-9-39(31,32)33)20-13-17(26)5-6-22(20)37-24)12-25-30(8-4-10-40(34,35)36)21-14-18(27)19(28)15-23(21)38-25/h5-6,11-15H,2-4,7-10H2,1H3,(H-,31,32,33,34,35,36)/p+1. The Hall–Kier alpha value is -1.90. The highest BCUT2D eigenvalue weighted by Crippen LogP contribution is 2.41. The highest BCUT2D eigenvalue weighted by Gasteiger charge is 2.28. The lowest BCUT2D eigenvalue weighted by Gasteiger charge is -2.18. The van der Waals surface area contributed by atoms with Gasteiger partial charge in [0.15, 0.2) is 12.3 Å². The van der Waals surface area contributed by atoms with Gasteiger partial charge < -0.3 is 9.64 Å². The zero-order valence-corrected chi connectivity index (χ0v) is 25.9. The number of benzene rings is 2. The van der Waals surface area contributed by atoms with Gasteiger partial charge in [-0.3, -0.25) is 9.11 Å². The summed E-state index contributed by atoms with van der Waals surface area (Å²) in [5.41, 5.74) is 2.31. The molecule has 40 heavy (non-hydrogen) atoms. The Kier molecular flexibility index (Phi) is 9.73. The smallest absolute Gasteiger partial charge is 0.265 e. The normalized spacial score (nSPS) is 15.2. The first kappa shape index (κ1) is 31.0. The molecule has 15 heteroatoms. The Morgan fingerprint density at radius 2 is 1.70 bits per heavy atom. The van der Waals surface area contributed by atoms with E-state index in [1.165, 1.54) is 11.3 Å². The molecule has 2 aromatic carbocycles. The van der Waals surface area contributed by atoms with E-state index in [0.717, 1.165) is 20.8 Å². The van der Waals surface area contributed by atoms with Gasteiger partial charge in [0.05, 0.1) is 27.2 Å². The Bertz CT molecular complexity index is 1720. The largest absolute Gasteiger partial charge is 0.439 e. The fraction of sp³-hybridized carbons (Fsp3) is 0.320. The van der Waals surface area contributed by atoms with E-state index in [0.29, 0.717) is 45.4 Å². The number of aromatic nitrogens is 1. The third kappa shape index (κ3) is 7.89. The summed E-state index contributed by atoms with van der Waals surface area (Å²) >= 11 is 20.2. The number of nitrogens with zero attached hydrogens (tertiary/aromatic N) is 2. The zero-order chi connectivity index (χ0) is 29.2. The summed E-state index contributed by atoms with van der Waals surface area (Å²) in [5.74, 6) is 0.231. The van der Waals surface area contributed by atoms with Crippen LogP contribution in [0.5, 0.6) is 5.75 Å². The zero-order valence-electron chi connectivity index (χ0n) is 21.2. The third-order valence-electron chi connectivity index (χ3n) is 6.06. The molecule has 0 atom stereocenters. The second-order valence-corrected chi connectivity index (χ2v) is 14.5. The third-order valence-corrected chi connectivity index (χ3v) is 9.72. The molecule has 9 nitrogen and oxygen atoms in total. The van der Waals surface area contributed by atoms with Crippen molar-refractivity contribution < 1.29 is 35.2 Å². The molecule has 0 aliphatic carbocycles. The van der Waals surface area contributed by atoms with E-state index < -0.39 is 26.0 Å². The van der Waals surface area contributed by atoms with E-state index in [1.807, 2.05) is 23.6 Å². The monoisotopic (exact) mass is 667 g/mol. The number of halogens is 3. The molecule has 1 aromatic heterocycles. The highest BCUT2D eigenvalue weighted by atomic mass is 35.5. The molecule has 0 radical (unpaired) electrons. The maximum absolute atomic E-state index is 11.3. The van der Waals surface area contributed by atoms with Gasteiger partial charge >= 0.3 is 0 Å². The maximum atomic E-state index is 11.3. The van der Waals surface area contributed by atoms with Gasteiger partial charge in [-0.2, -0.15) is 21.4 Å². The summed E-state index contributed by atoms with van der Waals surface area (Å²) in [6.45, 7) is 2.53. The second kappa shape index (κ2) is 12.5. The first-order chi connectivity index (χ1) is 18.7. The van der Waals surface area contributed by atoms with Gasteiger partial charge in [-0.15, -0.1) is 0 Å².